The molecule has 0 atom stereocenters. The van der Waals surface area contributed by atoms with Crippen molar-refractivity contribution in [1.82, 2.24) is 14.4 Å². The first-order valence-electron chi connectivity index (χ1n) is 6.30. The number of ether oxygens (including phenoxy) is 1. The van der Waals surface area contributed by atoms with Crippen LogP contribution in [0.15, 0.2) is 30.0 Å². The van der Waals surface area contributed by atoms with Crippen LogP contribution in [-0.4, -0.2) is 27.4 Å². The van der Waals surface area contributed by atoms with Crippen LogP contribution >= 0.6 is 11.3 Å². The molecule has 0 N–H and O–H groups in total. The molecule has 0 radical (unpaired) electrons. The average Bonchev–Trinajstić information content (AvgIpc) is 3.05. The molecule has 3 rings (SSSR count). The molecule has 3 aromatic rings. The van der Waals surface area contributed by atoms with E-state index in [1.54, 1.807) is 6.20 Å². The van der Waals surface area contributed by atoms with Gasteiger partial charge in [-0.25, -0.2) is 9.37 Å². The molecule has 0 fully saturated rings. The lowest BCUT2D eigenvalue weighted by Crippen LogP contribution is -2.02. The summed E-state index contributed by atoms with van der Waals surface area (Å²) in [6.45, 7) is 0. The Morgan fingerprint density at radius 3 is 3.10 bits per heavy atom. The summed E-state index contributed by atoms with van der Waals surface area (Å²) in [5, 5.41) is 1.96. The fraction of sp³-hybridized carbons (Fsp3) is 0.214. The highest BCUT2D eigenvalue weighted by atomic mass is 32.1. The van der Waals surface area contributed by atoms with Gasteiger partial charge in [0.05, 0.1) is 25.4 Å². The maximum absolute atomic E-state index is 13.2. The van der Waals surface area contributed by atoms with Crippen molar-refractivity contribution in [3.63, 3.8) is 0 Å². The monoisotopic (exact) mass is 305 g/mol. The van der Waals surface area contributed by atoms with E-state index in [9.17, 15) is 9.18 Å². The molecule has 7 heteroatoms. The minimum Gasteiger partial charge on any atom is -0.469 e. The van der Waals surface area contributed by atoms with Gasteiger partial charge < -0.3 is 4.74 Å². The fourth-order valence-corrected chi connectivity index (χ4v) is 2.94. The van der Waals surface area contributed by atoms with Gasteiger partial charge in [0, 0.05) is 29.0 Å². The van der Waals surface area contributed by atoms with Gasteiger partial charge >= 0.3 is 5.97 Å². The number of nitrogens with zero attached hydrogens (tertiary/aromatic N) is 3. The van der Waals surface area contributed by atoms with Crippen molar-refractivity contribution in [1.29, 1.82) is 0 Å². The SMILES string of the molecule is COC(=O)CCc1csc2nc(-c3cncc(F)c3)cn12. The van der Waals surface area contributed by atoms with Crippen LogP contribution in [0.3, 0.4) is 0 Å². The molecule has 108 valence electrons. The normalized spacial score (nSPS) is 11.0. The van der Waals surface area contributed by atoms with Crippen LogP contribution in [-0.2, 0) is 16.0 Å². The summed E-state index contributed by atoms with van der Waals surface area (Å²) in [5.41, 5.74) is 2.27. The molecule has 0 bridgehead atoms. The van der Waals surface area contributed by atoms with Crippen LogP contribution in [0.25, 0.3) is 16.2 Å². The van der Waals surface area contributed by atoms with E-state index in [-0.39, 0.29) is 5.97 Å². The van der Waals surface area contributed by atoms with Gasteiger partial charge in [0.2, 0.25) is 0 Å². The van der Waals surface area contributed by atoms with Gasteiger partial charge in [-0.2, -0.15) is 0 Å². The van der Waals surface area contributed by atoms with Crippen molar-refractivity contribution in [2.24, 2.45) is 0 Å². The Bertz CT molecular complexity index is 796. The van der Waals surface area contributed by atoms with Gasteiger partial charge in [-0.1, -0.05) is 0 Å². The molecule has 3 heterocycles. The summed E-state index contributed by atoms with van der Waals surface area (Å²) >= 11 is 1.48. The lowest BCUT2D eigenvalue weighted by atomic mass is 10.2. The second-order valence-corrected chi connectivity index (χ2v) is 5.31. The first kappa shape index (κ1) is 13.7. The van der Waals surface area contributed by atoms with E-state index in [1.807, 2.05) is 16.0 Å². The van der Waals surface area contributed by atoms with Crippen molar-refractivity contribution < 1.29 is 13.9 Å². The number of imidazole rings is 1. The molecule has 0 unspecified atom stereocenters. The van der Waals surface area contributed by atoms with E-state index in [1.165, 1.54) is 24.5 Å². The van der Waals surface area contributed by atoms with Crippen LogP contribution < -0.4 is 0 Å². The Labute approximate surface area is 124 Å². The summed E-state index contributed by atoms with van der Waals surface area (Å²) in [6.07, 6.45) is 5.45. The zero-order chi connectivity index (χ0) is 14.8. The fourth-order valence-electron chi connectivity index (χ4n) is 2.03. The maximum atomic E-state index is 13.2. The molecule has 3 aromatic heterocycles. The Hall–Kier alpha value is -2.28. The van der Waals surface area contributed by atoms with E-state index in [0.717, 1.165) is 16.9 Å². The number of methoxy groups -OCH3 is 1. The van der Waals surface area contributed by atoms with E-state index >= 15 is 0 Å². The van der Waals surface area contributed by atoms with Crippen LogP contribution in [0.4, 0.5) is 4.39 Å². The lowest BCUT2D eigenvalue weighted by Gasteiger charge is -1.99. The number of rotatable bonds is 4. The Balaban J connectivity index is 1.90. The summed E-state index contributed by atoms with van der Waals surface area (Å²) < 4.78 is 19.8. The quantitative estimate of drug-likeness (QED) is 0.695. The van der Waals surface area contributed by atoms with Crippen molar-refractivity contribution in [2.45, 2.75) is 12.8 Å². The number of aryl methyl sites for hydroxylation is 1. The largest absolute Gasteiger partial charge is 0.469 e. The number of fused-ring (bicyclic) bond motifs is 1. The molecule has 0 amide bonds. The van der Waals surface area contributed by atoms with Crippen LogP contribution in [0.1, 0.15) is 12.1 Å². The maximum Gasteiger partial charge on any atom is 0.305 e. The van der Waals surface area contributed by atoms with Gasteiger partial charge in [0.1, 0.15) is 5.82 Å². The molecule has 0 spiro atoms. The Kier molecular flexibility index (Phi) is 3.66. The lowest BCUT2D eigenvalue weighted by molar-refractivity contribution is -0.140. The van der Waals surface area contributed by atoms with E-state index in [0.29, 0.717) is 24.1 Å². The summed E-state index contributed by atoms with van der Waals surface area (Å²) in [7, 11) is 1.37. The zero-order valence-electron chi connectivity index (χ0n) is 11.2. The first-order valence-corrected chi connectivity index (χ1v) is 7.18. The van der Waals surface area contributed by atoms with Crippen molar-refractivity contribution >= 4 is 22.3 Å². The summed E-state index contributed by atoms with van der Waals surface area (Å²) in [6, 6.07) is 1.40. The second-order valence-electron chi connectivity index (χ2n) is 4.47. The predicted molar refractivity (Wildman–Crippen MR) is 76.6 cm³/mol. The van der Waals surface area contributed by atoms with Gasteiger partial charge in [0.25, 0.3) is 0 Å². The highest BCUT2D eigenvalue weighted by Crippen LogP contribution is 2.24. The third kappa shape index (κ3) is 2.78. The number of thiazole rings is 1. The molecule has 0 saturated carbocycles. The molecular weight excluding hydrogens is 293 g/mol. The number of esters is 1. The zero-order valence-corrected chi connectivity index (χ0v) is 12.1. The molecule has 0 saturated heterocycles. The minimum atomic E-state index is -0.394. The third-order valence-corrected chi connectivity index (χ3v) is 3.99. The minimum absolute atomic E-state index is 0.246. The van der Waals surface area contributed by atoms with Crippen LogP contribution in [0.5, 0.6) is 0 Å². The molecule has 0 aliphatic rings. The van der Waals surface area contributed by atoms with Gasteiger partial charge in [0.15, 0.2) is 4.96 Å². The molecule has 5 nitrogen and oxygen atoms in total. The second kappa shape index (κ2) is 5.61. The van der Waals surface area contributed by atoms with Gasteiger partial charge in [-0.05, 0) is 12.5 Å². The molecular formula is C14H12FN3O2S. The molecule has 0 aliphatic heterocycles. The number of hydrogen-bond donors (Lipinski definition) is 0. The Morgan fingerprint density at radius 1 is 1.48 bits per heavy atom. The number of carbonyl (C=O) groups is 1. The standard InChI is InChI=1S/C14H12FN3O2S/c1-20-13(19)3-2-11-8-21-14-17-12(7-18(11)14)9-4-10(15)6-16-5-9/h4-8H,2-3H2,1H3. The summed E-state index contributed by atoms with van der Waals surface area (Å²) in [4.78, 5) is 20.3. The van der Waals surface area contributed by atoms with Crippen molar-refractivity contribution in [3.05, 3.63) is 41.5 Å². The van der Waals surface area contributed by atoms with Crippen LogP contribution in [0.2, 0.25) is 0 Å². The Morgan fingerprint density at radius 2 is 2.33 bits per heavy atom. The third-order valence-electron chi connectivity index (χ3n) is 3.10. The van der Waals surface area contributed by atoms with E-state index in [2.05, 4.69) is 14.7 Å². The summed E-state index contributed by atoms with van der Waals surface area (Å²) in [5.74, 6) is -0.640. The van der Waals surface area contributed by atoms with Gasteiger partial charge in [-0.15, -0.1) is 11.3 Å². The smallest absolute Gasteiger partial charge is 0.305 e. The number of pyridine rings is 1. The van der Waals surface area contributed by atoms with Gasteiger partial charge in [-0.3, -0.25) is 14.2 Å². The van der Waals surface area contributed by atoms with Crippen molar-refractivity contribution in [2.75, 3.05) is 7.11 Å². The molecule has 21 heavy (non-hydrogen) atoms. The predicted octanol–water partition coefficient (Wildman–Crippen LogP) is 2.70. The highest BCUT2D eigenvalue weighted by molar-refractivity contribution is 7.15. The van der Waals surface area contributed by atoms with Crippen LogP contribution in [0, 0.1) is 5.82 Å². The first-order chi connectivity index (χ1) is 10.2. The molecule has 0 aromatic carbocycles. The molecule has 0 aliphatic carbocycles. The van der Waals surface area contributed by atoms with E-state index < -0.39 is 5.82 Å². The number of carbonyl (C=O) groups excluding carboxylic acids is 1. The van der Waals surface area contributed by atoms with E-state index in [4.69, 9.17) is 0 Å². The highest BCUT2D eigenvalue weighted by Gasteiger charge is 2.11. The number of aromatic nitrogens is 3. The number of hydrogen-bond acceptors (Lipinski definition) is 5. The number of halogens is 1. The average molecular weight is 305 g/mol. The topological polar surface area (TPSA) is 56.5 Å². The van der Waals surface area contributed by atoms with Crippen molar-refractivity contribution in [3.8, 4) is 11.3 Å².